The number of aromatic carboxylic acids is 1. The molecule has 2 fully saturated rings. The number of imide groups is 2. The molecule has 15 heteroatoms. The molecule has 0 spiro atoms. The number of piperazine rings is 1. The Morgan fingerprint density at radius 3 is 2.42 bits per heavy atom. The Labute approximate surface area is 328 Å². The quantitative estimate of drug-likeness (QED) is 0.108. The molecule has 296 valence electrons. The number of benzene rings is 3. The predicted octanol–water partition coefficient (Wildman–Crippen LogP) is 4.70. The highest BCUT2D eigenvalue weighted by Crippen LogP contribution is 2.33. The Balaban J connectivity index is 0.902. The molecule has 0 bridgehead atoms. The second kappa shape index (κ2) is 16.3. The monoisotopic (exact) mass is 776 g/mol. The van der Waals surface area contributed by atoms with Crippen molar-refractivity contribution in [3.8, 4) is 0 Å². The number of hydrogen-bond donors (Lipinski definition) is 4. The van der Waals surface area contributed by atoms with Crippen LogP contribution in [-0.4, -0.2) is 89.2 Å². The molecule has 0 radical (unpaired) electrons. The number of anilines is 3. The Bertz CT molecular complexity index is 2350. The molecular formula is C42H44N6O9. The van der Waals surface area contributed by atoms with Crippen LogP contribution in [0.15, 0.2) is 69.9 Å². The summed E-state index contributed by atoms with van der Waals surface area (Å²) in [4.78, 5) is 93.5. The SMILES string of the molecule is Cc1cc([C@H](C)Nc2ccccc2C(=O)O)c2oc(N3CCN(C(=O)CCCCCNc4cccc5c4C(=O)N(C4CCC(=O)NC4=O)C5=O)CC3)cc(=O)c2c1. The first-order chi connectivity index (χ1) is 27.4. The number of carboxylic acid groups (broad SMARTS) is 1. The first-order valence-corrected chi connectivity index (χ1v) is 19.2. The van der Waals surface area contributed by atoms with Gasteiger partial charge in [0.25, 0.3) is 11.8 Å². The molecular weight excluding hydrogens is 732 g/mol. The molecule has 57 heavy (non-hydrogen) atoms. The van der Waals surface area contributed by atoms with Crippen LogP contribution in [0.1, 0.15) is 93.7 Å². The lowest BCUT2D eigenvalue weighted by atomic mass is 10.0. The third kappa shape index (κ3) is 7.95. The number of carboxylic acids is 1. The largest absolute Gasteiger partial charge is 0.478 e. The zero-order chi connectivity index (χ0) is 40.4. The van der Waals surface area contributed by atoms with Gasteiger partial charge in [0.2, 0.25) is 17.7 Å². The van der Waals surface area contributed by atoms with Gasteiger partial charge >= 0.3 is 5.97 Å². The van der Waals surface area contributed by atoms with Crippen LogP contribution in [0.4, 0.5) is 17.3 Å². The van der Waals surface area contributed by atoms with Gasteiger partial charge in [0.1, 0.15) is 11.6 Å². The van der Waals surface area contributed by atoms with E-state index in [4.69, 9.17) is 4.42 Å². The standard InChI is InChI=1S/C42H44N6O9/c1-24-21-28(25(2)44-30-11-6-5-9-26(30)42(55)56)38-29(22-24)33(49)23-36(57-38)47-19-17-46(18-20-47)35(51)13-4-3-7-16-43-31-12-8-10-27-37(31)41(54)48(40(27)53)32-14-15-34(50)45-39(32)52/h5-6,8-12,21-23,25,32,43-44H,3-4,7,13-20H2,1-2H3,(H,55,56)(H,45,50,52)/t25-,32?/m0/s1. The number of nitrogens with one attached hydrogen (secondary N) is 3. The number of aryl methyl sites for hydroxylation is 1. The summed E-state index contributed by atoms with van der Waals surface area (Å²) in [5.41, 5.74) is 3.35. The number of rotatable bonds is 13. The molecule has 4 N–H and O–H groups in total. The van der Waals surface area contributed by atoms with Crippen LogP contribution < -0.4 is 26.3 Å². The number of nitrogens with zero attached hydrogens (tertiary/aromatic N) is 3. The zero-order valence-electron chi connectivity index (χ0n) is 31.8. The minimum absolute atomic E-state index is 0.0420. The molecule has 1 aromatic heterocycles. The smallest absolute Gasteiger partial charge is 0.337 e. The van der Waals surface area contributed by atoms with Gasteiger partial charge in [-0.05, 0) is 69.0 Å². The van der Waals surface area contributed by atoms with Crippen molar-refractivity contribution >= 4 is 63.7 Å². The Morgan fingerprint density at radius 2 is 1.67 bits per heavy atom. The van der Waals surface area contributed by atoms with Gasteiger partial charge in [-0.15, -0.1) is 0 Å². The average Bonchev–Trinajstić information content (AvgIpc) is 3.45. The fourth-order valence-corrected chi connectivity index (χ4v) is 7.80. The third-order valence-corrected chi connectivity index (χ3v) is 10.8. The molecule has 1 unspecified atom stereocenters. The topological polar surface area (TPSA) is 199 Å². The number of carbonyl (C=O) groups is 6. The fourth-order valence-electron chi connectivity index (χ4n) is 7.80. The van der Waals surface area contributed by atoms with Gasteiger partial charge in [-0.1, -0.05) is 30.7 Å². The van der Waals surface area contributed by atoms with Crippen LogP contribution in [0, 0.1) is 6.92 Å². The molecule has 15 nitrogen and oxygen atoms in total. The molecule has 2 atom stereocenters. The van der Waals surface area contributed by atoms with Crippen LogP contribution in [0.5, 0.6) is 0 Å². The number of hydrogen-bond acceptors (Lipinski definition) is 11. The minimum atomic E-state index is -1.05. The van der Waals surface area contributed by atoms with Gasteiger partial charge in [0, 0.05) is 68.6 Å². The second-order valence-corrected chi connectivity index (χ2v) is 14.7. The van der Waals surface area contributed by atoms with Gasteiger partial charge in [-0.3, -0.25) is 39.0 Å². The molecule has 4 heterocycles. The Kier molecular flexibility index (Phi) is 11.1. The van der Waals surface area contributed by atoms with Crippen LogP contribution in [0.3, 0.4) is 0 Å². The zero-order valence-corrected chi connectivity index (χ0v) is 31.8. The number of para-hydroxylation sites is 1. The van der Waals surface area contributed by atoms with Crippen molar-refractivity contribution in [2.75, 3.05) is 48.3 Å². The first kappa shape index (κ1) is 38.8. The molecule has 0 aliphatic carbocycles. The fraction of sp³-hybridized carbons (Fsp3) is 0.357. The second-order valence-electron chi connectivity index (χ2n) is 14.7. The van der Waals surface area contributed by atoms with Gasteiger partial charge in [-0.25, -0.2) is 4.79 Å². The van der Waals surface area contributed by atoms with E-state index in [-0.39, 0.29) is 46.9 Å². The number of carbonyl (C=O) groups excluding carboxylic acids is 5. The maximum atomic E-state index is 13.4. The van der Waals surface area contributed by atoms with Crippen molar-refractivity contribution in [2.45, 2.75) is 64.5 Å². The molecule has 7 rings (SSSR count). The molecule has 2 saturated heterocycles. The summed E-state index contributed by atoms with van der Waals surface area (Å²) in [6, 6.07) is 15.4. The lowest BCUT2D eigenvalue weighted by Crippen LogP contribution is -2.54. The molecule has 3 aliphatic heterocycles. The van der Waals surface area contributed by atoms with E-state index in [9.17, 15) is 38.7 Å². The van der Waals surface area contributed by atoms with Crippen molar-refractivity contribution < 1.29 is 38.3 Å². The van der Waals surface area contributed by atoms with E-state index in [0.29, 0.717) is 80.2 Å². The summed E-state index contributed by atoms with van der Waals surface area (Å²) in [6.07, 6.45) is 2.64. The number of unbranched alkanes of at least 4 members (excludes halogenated alkanes) is 2. The molecule has 3 aromatic carbocycles. The highest BCUT2D eigenvalue weighted by Gasteiger charge is 2.45. The molecule has 3 aliphatic rings. The summed E-state index contributed by atoms with van der Waals surface area (Å²) >= 11 is 0. The summed E-state index contributed by atoms with van der Waals surface area (Å²) in [5, 5.41) is 18.8. The highest BCUT2D eigenvalue weighted by atomic mass is 16.4. The van der Waals surface area contributed by atoms with Crippen LogP contribution in [-0.2, 0) is 14.4 Å². The van der Waals surface area contributed by atoms with E-state index in [1.54, 1.807) is 42.5 Å². The van der Waals surface area contributed by atoms with E-state index in [0.717, 1.165) is 22.4 Å². The number of amides is 5. The number of piperidine rings is 1. The van der Waals surface area contributed by atoms with E-state index in [1.165, 1.54) is 12.1 Å². The van der Waals surface area contributed by atoms with Gasteiger partial charge < -0.3 is 30.0 Å². The van der Waals surface area contributed by atoms with Crippen molar-refractivity contribution in [2.24, 2.45) is 0 Å². The summed E-state index contributed by atoms with van der Waals surface area (Å²) < 4.78 is 6.41. The lowest BCUT2D eigenvalue weighted by molar-refractivity contribution is -0.136. The van der Waals surface area contributed by atoms with Crippen molar-refractivity contribution in [1.29, 1.82) is 0 Å². The molecule has 5 amide bonds. The van der Waals surface area contributed by atoms with Crippen molar-refractivity contribution in [1.82, 2.24) is 15.1 Å². The van der Waals surface area contributed by atoms with E-state index in [1.807, 2.05) is 29.7 Å². The summed E-state index contributed by atoms with van der Waals surface area (Å²) in [7, 11) is 0. The Morgan fingerprint density at radius 1 is 0.912 bits per heavy atom. The maximum absolute atomic E-state index is 13.4. The predicted molar refractivity (Wildman–Crippen MR) is 212 cm³/mol. The first-order valence-electron chi connectivity index (χ1n) is 19.2. The Hall–Kier alpha value is -6.51. The molecule has 4 aromatic rings. The van der Waals surface area contributed by atoms with Gasteiger partial charge in [0.05, 0.1) is 28.1 Å². The highest BCUT2D eigenvalue weighted by molar-refractivity contribution is 6.25. The van der Waals surface area contributed by atoms with E-state index < -0.39 is 35.6 Å². The normalized spacial score (nSPS) is 17.4. The van der Waals surface area contributed by atoms with Gasteiger partial charge in [-0.2, -0.15) is 0 Å². The minimum Gasteiger partial charge on any atom is -0.478 e. The number of fused-ring (bicyclic) bond motifs is 2. The van der Waals surface area contributed by atoms with E-state index >= 15 is 0 Å². The molecule has 0 saturated carbocycles. The summed E-state index contributed by atoms with van der Waals surface area (Å²) in [6.45, 7) is 6.18. The van der Waals surface area contributed by atoms with Gasteiger partial charge in [0.15, 0.2) is 11.3 Å². The van der Waals surface area contributed by atoms with Crippen LogP contribution in [0.25, 0.3) is 11.0 Å². The third-order valence-electron chi connectivity index (χ3n) is 10.8. The summed E-state index contributed by atoms with van der Waals surface area (Å²) in [5.74, 6) is -2.80. The van der Waals surface area contributed by atoms with Crippen molar-refractivity contribution in [3.63, 3.8) is 0 Å². The lowest BCUT2D eigenvalue weighted by Gasteiger charge is -2.35. The maximum Gasteiger partial charge on any atom is 0.337 e. The van der Waals surface area contributed by atoms with E-state index in [2.05, 4.69) is 16.0 Å². The van der Waals surface area contributed by atoms with Crippen molar-refractivity contribution in [3.05, 3.63) is 98.7 Å². The van der Waals surface area contributed by atoms with Crippen LogP contribution in [0.2, 0.25) is 0 Å². The average molecular weight is 777 g/mol. The van der Waals surface area contributed by atoms with Crippen LogP contribution >= 0.6 is 0 Å².